The summed E-state index contributed by atoms with van der Waals surface area (Å²) in [5, 5.41) is 12.7. The van der Waals surface area contributed by atoms with Gasteiger partial charge in [0.15, 0.2) is 0 Å². The standard InChI is InChI=1S/C18H23NO4/c1-8-4-12-10(3)16-13(5-9(2)22-16)15(17(12)23-8)14-6-11(7-19-14)18(20)21/h8-9,11,14,19H,4-7H2,1-3H3,(H,20,21). The van der Waals surface area contributed by atoms with Crippen molar-refractivity contribution in [3.05, 3.63) is 22.3 Å². The summed E-state index contributed by atoms with van der Waals surface area (Å²) in [5.41, 5.74) is 4.80. The number of carboxylic acids is 1. The fourth-order valence-corrected chi connectivity index (χ4v) is 4.27. The summed E-state index contributed by atoms with van der Waals surface area (Å²) in [7, 11) is 0. The zero-order valence-electron chi connectivity index (χ0n) is 13.8. The minimum Gasteiger partial charge on any atom is -0.490 e. The van der Waals surface area contributed by atoms with Gasteiger partial charge in [-0.25, -0.2) is 0 Å². The number of hydrogen-bond acceptors (Lipinski definition) is 4. The Balaban J connectivity index is 1.82. The van der Waals surface area contributed by atoms with Gasteiger partial charge >= 0.3 is 5.97 Å². The first-order valence-electron chi connectivity index (χ1n) is 8.43. The van der Waals surface area contributed by atoms with Crippen molar-refractivity contribution in [1.82, 2.24) is 5.32 Å². The van der Waals surface area contributed by atoms with Crippen molar-refractivity contribution in [3.8, 4) is 11.5 Å². The smallest absolute Gasteiger partial charge is 0.307 e. The molecule has 1 aromatic carbocycles. The third-order valence-electron chi connectivity index (χ3n) is 5.36. The van der Waals surface area contributed by atoms with E-state index in [9.17, 15) is 9.90 Å². The van der Waals surface area contributed by atoms with Crippen LogP contribution in [0.4, 0.5) is 0 Å². The van der Waals surface area contributed by atoms with Crippen molar-refractivity contribution in [2.75, 3.05) is 6.54 Å². The maximum atomic E-state index is 11.3. The molecule has 124 valence electrons. The quantitative estimate of drug-likeness (QED) is 0.876. The number of hydrogen-bond donors (Lipinski definition) is 2. The number of benzene rings is 1. The van der Waals surface area contributed by atoms with Gasteiger partial charge in [-0.2, -0.15) is 0 Å². The topological polar surface area (TPSA) is 67.8 Å². The van der Waals surface area contributed by atoms with Gasteiger partial charge in [0.1, 0.15) is 23.7 Å². The Kier molecular flexibility index (Phi) is 3.30. The number of ether oxygens (including phenoxy) is 2. The van der Waals surface area contributed by atoms with Crippen LogP contribution in [0.15, 0.2) is 0 Å². The van der Waals surface area contributed by atoms with Crippen LogP contribution in [0.2, 0.25) is 0 Å². The van der Waals surface area contributed by atoms with Crippen LogP contribution >= 0.6 is 0 Å². The zero-order chi connectivity index (χ0) is 16.3. The molecule has 3 aliphatic heterocycles. The molecule has 4 rings (SSSR count). The maximum Gasteiger partial charge on any atom is 0.307 e. The van der Waals surface area contributed by atoms with E-state index in [4.69, 9.17) is 9.47 Å². The predicted molar refractivity (Wildman–Crippen MR) is 85.3 cm³/mol. The second-order valence-corrected chi connectivity index (χ2v) is 7.15. The van der Waals surface area contributed by atoms with Gasteiger partial charge in [-0.1, -0.05) is 0 Å². The van der Waals surface area contributed by atoms with Crippen molar-refractivity contribution in [3.63, 3.8) is 0 Å². The number of carbonyl (C=O) groups is 1. The lowest BCUT2D eigenvalue weighted by Crippen LogP contribution is -2.18. The van der Waals surface area contributed by atoms with E-state index >= 15 is 0 Å². The minimum absolute atomic E-state index is 0.0402. The first-order chi connectivity index (χ1) is 11.0. The Hall–Kier alpha value is -1.75. The highest BCUT2D eigenvalue weighted by atomic mass is 16.5. The first kappa shape index (κ1) is 14.8. The molecular formula is C18H23NO4. The summed E-state index contributed by atoms with van der Waals surface area (Å²) < 4.78 is 12.2. The molecule has 5 nitrogen and oxygen atoms in total. The van der Waals surface area contributed by atoms with Gasteiger partial charge in [0.2, 0.25) is 0 Å². The van der Waals surface area contributed by atoms with Crippen LogP contribution in [0.5, 0.6) is 11.5 Å². The number of rotatable bonds is 2. The molecule has 0 saturated carbocycles. The fraction of sp³-hybridized carbons (Fsp3) is 0.611. The molecule has 3 aliphatic rings. The molecule has 0 bridgehead atoms. The van der Waals surface area contributed by atoms with Crippen LogP contribution in [0.25, 0.3) is 0 Å². The van der Waals surface area contributed by atoms with Crippen molar-refractivity contribution >= 4 is 5.97 Å². The summed E-state index contributed by atoms with van der Waals surface area (Å²) >= 11 is 0. The molecule has 0 aliphatic carbocycles. The van der Waals surface area contributed by atoms with E-state index < -0.39 is 5.97 Å². The van der Waals surface area contributed by atoms with Crippen LogP contribution in [0.1, 0.15) is 48.6 Å². The summed E-state index contributed by atoms with van der Waals surface area (Å²) in [4.78, 5) is 11.3. The minimum atomic E-state index is -0.723. The van der Waals surface area contributed by atoms with Gasteiger partial charge in [-0.15, -0.1) is 0 Å². The van der Waals surface area contributed by atoms with E-state index in [-0.39, 0.29) is 24.2 Å². The second kappa shape index (κ2) is 5.13. The Labute approximate surface area is 136 Å². The van der Waals surface area contributed by atoms with Gasteiger partial charge in [0.25, 0.3) is 0 Å². The second-order valence-electron chi connectivity index (χ2n) is 7.15. The molecule has 0 amide bonds. The van der Waals surface area contributed by atoms with Crippen molar-refractivity contribution in [2.45, 2.75) is 58.3 Å². The normalized spacial score (nSPS) is 31.4. The Bertz CT molecular complexity index is 645. The van der Waals surface area contributed by atoms with Crippen molar-refractivity contribution in [2.24, 2.45) is 5.92 Å². The van der Waals surface area contributed by atoms with Gasteiger partial charge in [-0.3, -0.25) is 4.79 Å². The van der Waals surface area contributed by atoms with Crippen molar-refractivity contribution < 1.29 is 19.4 Å². The van der Waals surface area contributed by atoms with E-state index in [1.807, 2.05) is 0 Å². The van der Waals surface area contributed by atoms with Crippen molar-refractivity contribution in [1.29, 1.82) is 0 Å². The lowest BCUT2D eigenvalue weighted by molar-refractivity contribution is -0.141. The summed E-state index contributed by atoms with van der Waals surface area (Å²) in [5.74, 6) is 0.935. The maximum absolute atomic E-state index is 11.3. The van der Waals surface area contributed by atoms with E-state index in [2.05, 4.69) is 26.1 Å². The van der Waals surface area contributed by atoms with E-state index in [0.29, 0.717) is 13.0 Å². The first-order valence-corrected chi connectivity index (χ1v) is 8.43. The SMILES string of the molecule is Cc1c2c(c(C3CC(C(=O)O)CN3)c3c1OC(C)C3)OC(C)C2. The number of carboxylic acid groups (broad SMARTS) is 1. The third-order valence-corrected chi connectivity index (χ3v) is 5.36. The van der Waals surface area contributed by atoms with E-state index in [1.54, 1.807) is 0 Å². The van der Waals surface area contributed by atoms with E-state index in [0.717, 1.165) is 29.9 Å². The molecule has 0 aromatic heterocycles. The van der Waals surface area contributed by atoms with Crippen LogP contribution in [-0.4, -0.2) is 29.8 Å². The third kappa shape index (κ3) is 2.21. The number of nitrogens with one attached hydrogen (secondary N) is 1. The van der Waals surface area contributed by atoms with Gasteiger partial charge in [-0.05, 0) is 32.8 Å². The highest BCUT2D eigenvalue weighted by molar-refractivity contribution is 5.71. The Morgan fingerprint density at radius 2 is 1.78 bits per heavy atom. The van der Waals surface area contributed by atoms with Gasteiger partial charge < -0.3 is 19.9 Å². The summed E-state index contributed by atoms with van der Waals surface area (Å²) in [6, 6.07) is 0.0402. The summed E-state index contributed by atoms with van der Waals surface area (Å²) in [6.45, 7) is 6.80. The molecule has 1 saturated heterocycles. The van der Waals surface area contributed by atoms with Crippen LogP contribution in [0, 0.1) is 12.8 Å². The highest BCUT2D eigenvalue weighted by Gasteiger charge is 2.40. The number of aliphatic carboxylic acids is 1. The molecule has 0 radical (unpaired) electrons. The molecule has 3 heterocycles. The molecule has 0 spiro atoms. The average Bonchev–Trinajstić information content (AvgIpc) is 3.17. The molecule has 1 aromatic rings. The van der Waals surface area contributed by atoms with Crippen LogP contribution in [-0.2, 0) is 17.6 Å². The highest BCUT2D eigenvalue weighted by Crippen LogP contribution is 2.50. The molecule has 2 N–H and O–H groups in total. The Morgan fingerprint density at radius 1 is 1.13 bits per heavy atom. The average molecular weight is 317 g/mol. The van der Waals surface area contributed by atoms with Crippen LogP contribution in [0.3, 0.4) is 0 Å². The lowest BCUT2D eigenvalue weighted by atomic mass is 9.88. The molecule has 5 heteroatoms. The zero-order valence-corrected chi connectivity index (χ0v) is 13.8. The number of fused-ring (bicyclic) bond motifs is 2. The molecular weight excluding hydrogens is 294 g/mol. The Morgan fingerprint density at radius 3 is 2.43 bits per heavy atom. The lowest BCUT2D eigenvalue weighted by Gasteiger charge is -2.20. The monoisotopic (exact) mass is 317 g/mol. The molecule has 4 unspecified atom stereocenters. The molecule has 23 heavy (non-hydrogen) atoms. The van der Waals surface area contributed by atoms with Crippen LogP contribution < -0.4 is 14.8 Å². The van der Waals surface area contributed by atoms with Gasteiger partial charge in [0.05, 0.1) is 5.92 Å². The molecule has 4 atom stereocenters. The van der Waals surface area contributed by atoms with E-state index in [1.165, 1.54) is 16.7 Å². The van der Waals surface area contributed by atoms with Gasteiger partial charge in [0, 0.05) is 42.1 Å². The molecule has 1 fully saturated rings. The predicted octanol–water partition coefficient (Wildman–Crippen LogP) is 2.38. The summed E-state index contributed by atoms with van der Waals surface area (Å²) in [6.07, 6.45) is 2.71. The largest absolute Gasteiger partial charge is 0.490 e. The fourth-order valence-electron chi connectivity index (χ4n) is 4.27.